The zero-order valence-corrected chi connectivity index (χ0v) is 13.9. The molecule has 2 N–H and O–H groups in total. The smallest absolute Gasteiger partial charge is 0.137 e. The molecule has 1 aliphatic rings. The van der Waals surface area contributed by atoms with Crippen molar-refractivity contribution in [2.45, 2.75) is 44.8 Å². The van der Waals surface area contributed by atoms with Crippen molar-refractivity contribution in [3.8, 4) is 0 Å². The molecular formula is C16H23BrFNO2. The molecule has 3 atom stereocenters. The summed E-state index contributed by atoms with van der Waals surface area (Å²) in [5, 5.41) is 13.1. The van der Waals surface area contributed by atoms with Crippen LogP contribution >= 0.6 is 15.9 Å². The Bertz CT molecular complexity index is 458. The molecule has 0 aliphatic heterocycles. The molecule has 0 saturated heterocycles. The van der Waals surface area contributed by atoms with Crippen molar-refractivity contribution in [2.24, 2.45) is 5.92 Å². The van der Waals surface area contributed by atoms with Gasteiger partial charge in [0, 0.05) is 12.2 Å². The molecular weight excluding hydrogens is 337 g/mol. The first kappa shape index (κ1) is 16.7. The number of ether oxygens (including phenoxy) is 1. The van der Waals surface area contributed by atoms with E-state index in [1.54, 1.807) is 12.1 Å². The molecule has 118 valence electrons. The Kier molecular flexibility index (Phi) is 6.45. The Morgan fingerprint density at radius 2 is 2.19 bits per heavy atom. The van der Waals surface area contributed by atoms with Crippen LogP contribution in [0.3, 0.4) is 0 Å². The maximum Gasteiger partial charge on any atom is 0.137 e. The van der Waals surface area contributed by atoms with Crippen LogP contribution in [-0.2, 0) is 4.74 Å². The summed E-state index contributed by atoms with van der Waals surface area (Å²) in [7, 11) is 0. The topological polar surface area (TPSA) is 41.5 Å². The van der Waals surface area contributed by atoms with E-state index in [1.807, 2.05) is 0 Å². The summed E-state index contributed by atoms with van der Waals surface area (Å²) in [4.78, 5) is 0. The van der Waals surface area contributed by atoms with E-state index in [9.17, 15) is 9.50 Å². The number of anilines is 1. The number of aliphatic hydroxyl groups excluding tert-OH is 1. The van der Waals surface area contributed by atoms with Gasteiger partial charge in [-0.2, -0.15) is 0 Å². The van der Waals surface area contributed by atoms with E-state index < -0.39 is 6.10 Å². The van der Waals surface area contributed by atoms with E-state index in [4.69, 9.17) is 4.74 Å². The molecule has 0 heterocycles. The van der Waals surface area contributed by atoms with Gasteiger partial charge in [-0.05, 0) is 52.9 Å². The Morgan fingerprint density at radius 3 is 2.90 bits per heavy atom. The van der Waals surface area contributed by atoms with Gasteiger partial charge < -0.3 is 15.2 Å². The number of rotatable bonds is 6. The summed E-state index contributed by atoms with van der Waals surface area (Å²) in [6.07, 6.45) is 4.50. The first-order chi connectivity index (χ1) is 10.1. The monoisotopic (exact) mass is 359 g/mol. The minimum absolute atomic E-state index is 0.272. The Balaban J connectivity index is 1.71. The molecule has 5 heteroatoms. The summed E-state index contributed by atoms with van der Waals surface area (Å²) < 4.78 is 19.4. The van der Waals surface area contributed by atoms with Crippen LogP contribution in [0.1, 0.15) is 32.6 Å². The van der Waals surface area contributed by atoms with Gasteiger partial charge in [-0.1, -0.05) is 19.8 Å². The minimum Gasteiger partial charge on any atom is -0.389 e. The van der Waals surface area contributed by atoms with E-state index in [0.29, 0.717) is 23.5 Å². The lowest BCUT2D eigenvalue weighted by atomic mass is 9.88. The summed E-state index contributed by atoms with van der Waals surface area (Å²) in [6, 6.07) is 4.70. The lowest BCUT2D eigenvalue weighted by Crippen LogP contribution is -2.32. The highest BCUT2D eigenvalue weighted by molar-refractivity contribution is 9.10. The van der Waals surface area contributed by atoms with Gasteiger partial charge in [0.1, 0.15) is 5.82 Å². The molecule has 21 heavy (non-hydrogen) atoms. The first-order valence-corrected chi connectivity index (χ1v) is 8.34. The summed E-state index contributed by atoms with van der Waals surface area (Å²) in [5.41, 5.74) is 0.772. The van der Waals surface area contributed by atoms with Gasteiger partial charge in [-0.3, -0.25) is 0 Å². The molecule has 0 amide bonds. The van der Waals surface area contributed by atoms with Crippen LogP contribution in [-0.4, -0.2) is 30.5 Å². The van der Waals surface area contributed by atoms with Crippen molar-refractivity contribution in [3.63, 3.8) is 0 Å². The normalized spacial score (nSPS) is 23.8. The van der Waals surface area contributed by atoms with Crippen molar-refractivity contribution >= 4 is 21.6 Å². The standard InChI is InChI=1S/C16H23BrFNO2/c1-11-4-2-3-5-16(11)21-10-13(20)9-19-12-6-7-15(18)14(17)8-12/h6-8,11,13,16,19-20H,2-5,9-10H2,1H3. The minimum atomic E-state index is -0.567. The van der Waals surface area contributed by atoms with Gasteiger partial charge in [0.05, 0.1) is 23.3 Å². The van der Waals surface area contributed by atoms with E-state index in [-0.39, 0.29) is 11.9 Å². The fourth-order valence-corrected chi connectivity index (χ4v) is 3.04. The highest BCUT2D eigenvalue weighted by Crippen LogP contribution is 2.26. The second kappa shape index (κ2) is 8.11. The largest absolute Gasteiger partial charge is 0.389 e. The number of aliphatic hydroxyl groups is 1. The van der Waals surface area contributed by atoms with Crippen molar-refractivity contribution in [1.29, 1.82) is 0 Å². The Labute approximate surface area is 134 Å². The van der Waals surface area contributed by atoms with Crippen molar-refractivity contribution in [2.75, 3.05) is 18.5 Å². The van der Waals surface area contributed by atoms with Gasteiger partial charge in [0.15, 0.2) is 0 Å². The zero-order valence-electron chi connectivity index (χ0n) is 12.3. The van der Waals surface area contributed by atoms with Crippen LogP contribution in [0.25, 0.3) is 0 Å². The van der Waals surface area contributed by atoms with Gasteiger partial charge in [-0.25, -0.2) is 4.39 Å². The molecule has 1 fully saturated rings. The van der Waals surface area contributed by atoms with Gasteiger partial charge >= 0.3 is 0 Å². The fourth-order valence-electron chi connectivity index (χ4n) is 2.67. The third-order valence-corrected chi connectivity index (χ3v) is 4.60. The SMILES string of the molecule is CC1CCCCC1OCC(O)CNc1ccc(F)c(Br)c1. The molecule has 3 unspecified atom stereocenters. The van der Waals surface area contributed by atoms with Crippen LogP contribution < -0.4 is 5.32 Å². The lowest BCUT2D eigenvalue weighted by molar-refractivity contribution is -0.0424. The Hall–Kier alpha value is -0.650. The van der Waals surface area contributed by atoms with Crippen LogP contribution in [0.15, 0.2) is 22.7 Å². The predicted octanol–water partition coefficient (Wildman–Crippen LogP) is 3.96. The van der Waals surface area contributed by atoms with Crippen LogP contribution in [0.4, 0.5) is 10.1 Å². The molecule has 0 spiro atoms. The van der Waals surface area contributed by atoms with Crippen molar-refractivity contribution < 1.29 is 14.2 Å². The second-order valence-corrected chi connectivity index (χ2v) is 6.65. The summed E-state index contributed by atoms with van der Waals surface area (Å²) >= 11 is 3.14. The molecule has 1 aliphatic carbocycles. The average molecular weight is 360 g/mol. The zero-order chi connectivity index (χ0) is 15.2. The molecule has 2 rings (SSSR count). The van der Waals surface area contributed by atoms with Crippen LogP contribution in [0.5, 0.6) is 0 Å². The molecule has 1 saturated carbocycles. The van der Waals surface area contributed by atoms with Gasteiger partial charge in [0.25, 0.3) is 0 Å². The fraction of sp³-hybridized carbons (Fsp3) is 0.625. The van der Waals surface area contributed by atoms with Crippen molar-refractivity contribution in [1.82, 2.24) is 0 Å². The maximum absolute atomic E-state index is 13.1. The highest BCUT2D eigenvalue weighted by Gasteiger charge is 2.22. The third kappa shape index (κ3) is 5.24. The number of nitrogens with one attached hydrogen (secondary N) is 1. The van der Waals surface area contributed by atoms with E-state index in [0.717, 1.165) is 12.1 Å². The third-order valence-electron chi connectivity index (χ3n) is 4.00. The highest BCUT2D eigenvalue weighted by atomic mass is 79.9. The molecule has 0 radical (unpaired) electrons. The van der Waals surface area contributed by atoms with Gasteiger partial charge in [0.2, 0.25) is 0 Å². The lowest BCUT2D eigenvalue weighted by Gasteiger charge is -2.29. The number of halogens is 2. The van der Waals surface area contributed by atoms with E-state index in [2.05, 4.69) is 28.2 Å². The van der Waals surface area contributed by atoms with E-state index >= 15 is 0 Å². The van der Waals surface area contributed by atoms with Crippen molar-refractivity contribution in [3.05, 3.63) is 28.5 Å². The number of hydrogen-bond donors (Lipinski definition) is 2. The van der Waals surface area contributed by atoms with Gasteiger partial charge in [-0.15, -0.1) is 0 Å². The van der Waals surface area contributed by atoms with Crippen LogP contribution in [0.2, 0.25) is 0 Å². The number of hydrogen-bond acceptors (Lipinski definition) is 3. The van der Waals surface area contributed by atoms with Crippen LogP contribution in [0, 0.1) is 11.7 Å². The second-order valence-electron chi connectivity index (χ2n) is 5.80. The molecule has 0 bridgehead atoms. The van der Waals surface area contributed by atoms with E-state index in [1.165, 1.54) is 25.3 Å². The number of benzene rings is 1. The molecule has 0 aromatic heterocycles. The predicted molar refractivity (Wildman–Crippen MR) is 86.0 cm³/mol. The maximum atomic E-state index is 13.1. The average Bonchev–Trinajstić information content (AvgIpc) is 2.47. The molecule has 1 aromatic carbocycles. The summed E-state index contributed by atoms with van der Waals surface area (Å²) in [6.45, 7) is 2.94. The quantitative estimate of drug-likeness (QED) is 0.807. The Morgan fingerprint density at radius 1 is 1.43 bits per heavy atom. The first-order valence-electron chi connectivity index (χ1n) is 7.55. The molecule has 1 aromatic rings. The summed E-state index contributed by atoms with van der Waals surface area (Å²) in [5.74, 6) is 0.280. The molecule has 3 nitrogen and oxygen atoms in total.